The summed E-state index contributed by atoms with van der Waals surface area (Å²) in [7, 11) is -4.44. The number of carbonyl (C=O) groups excluding carboxylic acids is 2. The van der Waals surface area contributed by atoms with Crippen LogP contribution >= 0.6 is 7.82 Å². The van der Waals surface area contributed by atoms with Gasteiger partial charge in [-0.3, -0.25) is 18.6 Å². The van der Waals surface area contributed by atoms with Gasteiger partial charge in [0, 0.05) is 19.4 Å². The van der Waals surface area contributed by atoms with E-state index in [1.807, 2.05) is 12.2 Å². The fourth-order valence-electron chi connectivity index (χ4n) is 5.32. The highest BCUT2D eigenvalue weighted by molar-refractivity contribution is 7.47. The summed E-state index contributed by atoms with van der Waals surface area (Å²) < 4.78 is 32.6. The number of rotatable bonds is 39. The maximum absolute atomic E-state index is 12.6. The van der Waals surface area contributed by atoms with Gasteiger partial charge in [-0.15, -0.1) is 0 Å². The maximum Gasteiger partial charge on any atom is 0.472 e. The second kappa shape index (κ2) is 42.0. The van der Waals surface area contributed by atoms with Crippen LogP contribution < -0.4 is 5.73 Å². The van der Waals surface area contributed by atoms with Crippen LogP contribution in [0.5, 0.6) is 0 Å². The Balaban J connectivity index is 4.42. The van der Waals surface area contributed by atoms with E-state index in [-0.39, 0.29) is 32.6 Å². The maximum atomic E-state index is 12.6. The van der Waals surface area contributed by atoms with E-state index in [9.17, 15) is 24.2 Å². The van der Waals surface area contributed by atoms with Crippen LogP contribution in [0.25, 0.3) is 0 Å². The third-order valence-electron chi connectivity index (χ3n) is 8.56. The van der Waals surface area contributed by atoms with E-state index in [1.165, 1.54) is 38.5 Å². The second-order valence-corrected chi connectivity index (χ2v) is 15.5. The molecule has 58 heavy (non-hydrogen) atoms. The quantitative estimate of drug-likeness (QED) is 0.0179. The summed E-state index contributed by atoms with van der Waals surface area (Å²) >= 11 is 0. The zero-order valence-corrected chi connectivity index (χ0v) is 36.7. The zero-order valence-electron chi connectivity index (χ0n) is 35.8. The molecule has 0 fully saturated rings. The number of aliphatic hydroxyl groups excluding tert-OH is 1. The molecule has 0 aliphatic carbocycles. The number of carbonyl (C=O) groups is 2. The Kier molecular flexibility index (Phi) is 39.8. The van der Waals surface area contributed by atoms with Gasteiger partial charge in [0.25, 0.3) is 0 Å². The van der Waals surface area contributed by atoms with Crippen molar-refractivity contribution in [1.29, 1.82) is 0 Å². The van der Waals surface area contributed by atoms with Crippen molar-refractivity contribution < 1.29 is 42.7 Å². The number of hydrogen-bond donors (Lipinski definition) is 3. The first-order valence-electron chi connectivity index (χ1n) is 21.8. The predicted molar refractivity (Wildman–Crippen MR) is 239 cm³/mol. The molecular formula is C47H78NO9P. The molecule has 0 aromatic carbocycles. The molecule has 0 aromatic heterocycles. The largest absolute Gasteiger partial charge is 0.472 e. The molecule has 2 unspecified atom stereocenters. The standard InChI is InChI=1S/C47H78NO9P/c1-3-5-7-9-11-13-15-17-18-19-20-21-22-24-26-28-30-32-34-38-46(50)54-42-45(43-56-58(52,53)55-41-40-48)57-47(51)39-35-37-44(49)36-33-31-29-27-25-23-16-14-12-10-8-6-4-2/h5,7,11,13,17-18,20-21,23-26,29,31,33,36,44-45,49H,3-4,6,8-10,12,14-16,19,22,27-28,30,32,34-35,37-43,48H2,1-2H3,(H,52,53)/b7-5-,13-11-,18-17-,21-20-,25-23+,26-24-,31-29+,36-33+/t44?,45-/m1/s1. The van der Waals surface area contributed by atoms with E-state index in [0.717, 1.165) is 64.2 Å². The summed E-state index contributed by atoms with van der Waals surface area (Å²) in [6.45, 7) is 3.33. The lowest BCUT2D eigenvalue weighted by atomic mass is 10.1. The van der Waals surface area contributed by atoms with Crippen LogP contribution in [0, 0.1) is 0 Å². The molecule has 4 N–H and O–H groups in total. The highest BCUT2D eigenvalue weighted by Gasteiger charge is 2.26. The molecule has 0 radical (unpaired) electrons. The van der Waals surface area contributed by atoms with Crippen LogP contribution in [0.4, 0.5) is 0 Å². The molecule has 0 bridgehead atoms. The normalized spacial score (nSPS) is 14.8. The Morgan fingerprint density at radius 3 is 1.76 bits per heavy atom. The lowest BCUT2D eigenvalue weighted by Gasteiger charge is -2.20. The van der Waals surface area contributed by atoms with Crippen LogP contribution in [0.3, 0.4) is 0 Å². The van der Waals surface area contributed by atoms with Gasteiger partial charge in [0.05, 0.1) is 19.3 Å². The van der Waals surface area contributed by atoms with Gasteiger partial charge < -0.3 is 25.2 Å². The van der Waals surface area contributed by atoms with Crippen LogP contribution in [0.15, 0.2) is 97.2 Å². The number of aliphatic hydroxyl groups is 1. The summed E-state index contributed by atoms with van der Waals surface area (Å²) in [5.41, 5.74) is 5.33. The van der Waals surface area contributed by atoms with Crippen molar-refractivity contribution in [2.45, 2.75) is 161 Å². The van der Waals surface area contributed by atoms with Crippen molar-refractivity contribution in [3.8, 4) is 0 Å². The molecule has 0 heterocycles. The Labute approximate surface area is 351 Å². The molecule has 0 spiro atoms. The van der Waals surface area contributed by atoms with E-state index in [1.54, 1.807) is 12.2 Å². The first-order chi connectivity index (χ1) is 28.2. The van der Waals surface area contributed by atoms with Crippen molar-refractivity contribution >= 4 is 19.8 Å². The summed E-state index contributed by atoms with van der Waals surface area (Å²) in [6, 6.07) is 0. The first kappa shape index (κ1) is 54.9. The Hall–Kier alpha value is -3.11. The predicted octanol–water partition coefficient (Wildman–Crippen LogP) is 11.6. The second-order valence-electron chi connectivity index (χ2n) is 14.0. The molecule has 0 aliphatic heterocycles. The summed E-state index contributed by atoms with van der Waals surface area (Å²) in [5.74, 6) is -1.07. The number of allylic oxidation sites excluding steroid dienone is 15. The number of phosphoric acid groups is 1. The molecule has 3 atom stereocenters. The Bertz CT molecular complexity index is 1280. The van der Waals surface area contributed by atoms with Crippen LogP contribution in [0.1, 0.15) is 149 Å². The van der Waals surface area contributed by atoms with E-state index < -0.39 is 38.6 Å². The number of esters is 2. The van der Waals surface area contributed by atoms with Gasteiger partial charge in [0.2, 0.25) is 0 Å². The number of hydrogen-bond acceptors (Lipinski definition) is 9. The minimum absolute atomic E-state index is 0.00701. The lowest BCUT2D eigenvalue weighted by molar-refractivity contribution is -0.161. The van der Waals surface area contributed by atoms with Gasteiger partial charge in [-0.05, 0) is 83.5 Å². The summed E-state index contributed by atoms with van der Waals surface area (Å²) in [5, 5.41) is 10.3. The monoisotopic (exact) mass is 832 g/mol. The summed E-state index contributed by atoms with van der Waals surface area (Å²) in [4.78, 5) is 34.9. The first-order valence-corrected chi connectivity index (χ1v) is 23.3. The Morgan fingerprint density at radius 1 is 0.621 bits per heavy atom. The average molecular weight is 832 g/mol. The van der Waals surface area contributed by atoms with Crippen molar-refractivity contribution in [1.82, 2.24) is 0 Å². The molecule has 0 aromatic rings. The molecule has 0 aliphatic rings. The zero-order chi connectivity index (χ0) is 42.6. The molecule has 0 saturated heterocycles. The minimum atomic E-state index is -4.44. The molecule has 330 valence electrons. The number of nitrogens with two attached hydrogens (primary N) is 1. The number of unbranched alkanes of at least 4 members (excludes halogenated alkanes) is 9. The molecular weight excluding hydrogens is 753 g/mol. The van der Waals surface area contributed by atoms with Gasteiger partial charge in [0.15, 0.2) is 6.10 Å². The van der Waals surface area contributed by atoms with E-state index >= 15 is 0 Å². The SMILES string of the molecule is CC/C=C\C/C=C\C/C=C\C/C=C\C/C=C\CCCCCC(=O)OC[C@H](COP(=O)(O)OCCN)OC(=O)CCCC(O)/C=C/C=C/C/C=C/CCCCCCCC. The highest BCUT2D eigenvalue weighted by atomic mass is 31.2. The minimum Gasteiger partial charge on any atom is -0.462 e. The van der Waals surface area contributed by atoms with Gasteiger partial charge in [-0.1, -0.05) is 150 Å². The van der Waals surface area contributed by atoms with Crippen molar-refractivity contribution in [2.24, 2.45) is 5.73 Å². The number of ether oxygens (including phenoxy) is 2. The average Bonchev–Trinajstić information content (AvgIpc) is 3.20. The molecule has 0 saturated carbocycles. The van der Waals surface area contributed by atoms with E-state index in [4.69, 9.17) is 24.3 Å². The smallest absolute Gasteiger partial charge is 0.462 e. The highest BCUT2D eigenvalue weighted by Crippen LogP contribution is 2.43. The van der Waals surface area contributed by atoms with E-state index in [0.29, 0.717) is 19.3 Å². The molecule has 0 rings (SSSR count). The topological polar surface area (TPSA) is 155 Å². The van der Waals surface area contributed by atoms with Gasteiger partial charge >= 0.3 is 19.8 Å². The van der Waals surface area contributed by atoms with Crippen molar-refractivity contribution in [3.05, 3.63) is 97.2 Å². The fraction of sp³-hybridized carbons (Fsp3) is 0.617. The van der Waals surface area contributed by atoms with Crippen LogP contribution in [-0.2, 0) is 32.7 Å². The molecule has 0 amide bonds. The summed E-state index contributed by atoms with van der Waals surface area (Å²) in [6.07, 6.45) is 50.4. The van der Waals surface area contributed by atoms with Crippen LogP contribution in [0.2, 0.25) is 0 Å². The van der Waals surface area contributed by atoms with E-state index in [2.05, 4.69) is 86.8 Å². The third-order valence-corrected chi connectivity index (χ3v) is 9.54. The van der Waals surface area contributed by atoms with Crippen molar-refractivity contribution in [2.75, 3.05) is 26.4 Å². The molecule has 10 nitrogen and oxygen atoms in total. The van der Waals surface area contributed by atoms with Gasteiger partial charge in [-0.25, -0.2) is 4.57 Å². The fourth-order valence-corrected chi connectivity index (χ4v) is 6.08. The Morgan fingerprint density at radius 2 is 1.16 bits per heavy atom. The lowest BCUT2D eigenvalue weighted by Crippen LogP contribution is -2.29. The molecule has 11 heteroatoms. The third kappa shape index (κ3) is 41.1. The number of phosphoric ester groups is 1. The van der Waals surface area contributed by atoms with Crippen LogP contribution in [-0.4, -0.2) is 60.5 Å². The van der Waals surface area contributed by atoms with Gasteiger partial charge in [-0.2, -0.15) is 0 Å². The van der Waals surface area contributed by atoms with Crippen molar-refractivity contribution in [3.63, 3.8) is 0 Å². The van der Waals surface area contributed by atoms with Gasteiger partial charge in [0.1, 0.15) is 6.61 Å².